The van der Waals surface area contributed by atoms with Crippen LogP contribution in [0.2, 0.25) is 0 Å². The second kappa shape index (κ2) is 4.59. The van der Waals surface area contributed by atoms with Crippen molar-refractivity contribution < 1.29 is 8.42 Å². The highest BCUT2D eigenvalue weighted by Gasteiger charge is 2.14. The molecule has 0 spiro atoms. The Hall–Kier alpha value is -1.14. The van der Waals surface area contributed by atoms with Gasteiger partial charge in [-0.05, 0) is 13.1 Å². The third kappa shape index (κ3) is 2.90. The molecule has 1 N–H and O–H groups in total. The number of nitrogens with zero attached hydrogens (tertiary/aromatic N) is 2. The van der Waals surface area contributed by atoms with Gasteiger partial charge in [0.1, 0.15) is 0 Å². The molecule has 0 saturated heterocycles. The molecular weight excluding hydrogens is 214 g/mol. The lowest BCUT2D eigenvalue weighted by molar-refractivity contribution is 0.600. The fourth-order valence-corrected chi connectivity index (χ4v) is 1.77. The van der Waals surface area contributed by atoms with Crippen LogP contribution < -0.4 is 9.62 Å². The van der Waals surface area contributed by atoms with Gasteiger partial charge in [-0.2, -0.15) is 0 Å². The van der Waals surface area contributed by atoms with Gasteiger partial charge in [-0.25, -0.2) is 8.42 Å². The molecular formula is C9H15N3O2S. The summed E-state index contributed by atoms with van der Waals surface area (Å²) in [7, 11) is 0.115. The standard InChI is InChI=1S/C9H15N3O2S/c1-10-6-8-7-11-5-4-9(8)12(2)15(3,13)14/h4-5,7,10H,6H2,1-3H3. The van der Waals surface area contributed by atoms with Crippen molar-refractivity contribution in [2.24, 2.45) is 0 Å². The number of pyridine rings is 1. The van der Waals surface area contributed by atoms with Crippen LogP contribution in [0, 0.1) is 0 Å². The van der Waals surface area contributed by atoms with Crippen molar-refractivity contribution in [1.82, 2.24) is 10.3 Å². The largest absolute Gasteiger partial charge is 0.316 e. The molecule has 0 bridgehead atoms. The van der Waals surface area contributed by atoms with Crippen molar-refractivity contribution in [3.63, 3.8) is 0 Å². The molecule has 0 radical (unpaired) electrons. The molecule has 0 aliphatic heterocycles. The Morgan fingerprint density at radius 1 is 1.53 bits per heavy atom. The van der Waals surface area contributed by atoms with Gasteiger partial charge in [-0.3, -0.25) is 9.29 Å². The summed E-state index contributed by atoms with van der Waals surface area (Å²) in [5.74, 6) is 0. The summed E-state index contributed by atoms with van der Waals surface area (Å²) in [6.07, 6.45) is 4.42. The van der Waals surface area contributed by atoms with Crippen LogP contribution >= 0.6 is 0 Å². The Morgan fingerprint density at radius 2 is 2.20 bits per heavy atom. The minimum absolute atomic E-state index is 0.586. The molecule has 0 aromatic carbocycles. The first kappa shape index (κ1) is 11.9. The van der Waals surface area contributed by atoms with Crippen LogP contribution in [0.25, 0.3) is 0 Å². The predicted molar refractivity (Wildman–Crippen MR) is 60.2 cm³/mol. The third-order valence-corrected chi connectivity index (χ3v) is 3.27. The third-order valence-electron chi connectivity index (χ3n) is 2.08. The molecule has 0 aliphatic carbocycles. The lowest BCUT2D eigenvalue weighted by Gasteiger charge is -2.19. The molecule has 84 valence electrons. The second-order valence-electron chi connectivity index (χ2n) is 3.27. The lowest BCUT2D eigenvalue weighted by atomic mass is 10.2. The normalized spacial score (nSPS) is 11.4. The smallest absolute Gasteiger partial charge is 0.232 e. The minimum Gasteiger partial charge on any atom is -0.316 e. The molecule has 5 nitrogen and oxygen atoms in total. The number of sulfonamides is 1. The van der Waals surface area contributed by atoms with Crippen molar-refractivity contribution in [1.29, 1.82) is 0 Å². The van der Waals surface area contributed by atoms with E-state index in [4.69, 9.17) is 0 Å². The Bertz CT molecular complexity index is 431. The van der Waals surface area contributed by atoms with Crippen molar-refractivity contribution >= 4 is 15.7 Å². The van der Waals surface area contributed by atoms with Gasteiger partial charge in [0.2, 0.25) is 10.0 Å². The van der Waals surface area contributed by atoms with E-state index in [0.717, 1.165) is 5.56 Å². The highest BCUT2D eigenvalue weighted by molar-refractivity contribution is 7.92. The topological polar surface area (TPSA) is 62.3 Å². The van der Waals surface area contributed by atoms with E-state index >= 15 is 0 Å². The van der Waals surface area contributed by atoms with Gasteiger partial charge in [0.15, 0.2) is 0 Å². The van der Waals surface area contributed by atoms with E-state index in [9.17, 15) is 8.42 Å². The van der Waals surface area contributed by atoms with Crippen molar-refractivity contribution in [3.8, 4) is 0 Å². The highest BCUT2D eigenvalue weighted by atomic mass is 32.2. The summed E-state index contributed by atoms with van der Waals surface area (Å²) < 4.78 is 24.0. The van der Waals surface area contributed by atoms with Crippen molar-refractivity contribution in [3.05, 3.63) is 24.0 Å². The first-order valence-corrected chi connectivity index (χ1v) is 6.33. The van der Waals surface area contributed by atoms with Crippen molar-refractivity contribution in [2.75, 3.05) is 24.7 Å². The SMILES string of the molecule is CNCc1cnccc1N(C)S(C)(=O)=O. The fraction of sp³-hybridized carbons (Fsp3) is 0.444. The predicted octanol–water partition coefficient (Wildman–Crippen LogP) is 0.197. The van der Waals surface area contributed by atoms with Crippen LogP contribution in [0.5, 0.6) is 0 Å². The zero-order chi connectivity index (χ0) is 11.5. The summed E-state index contributed by atoms with van der Waals surface area (Å²) in [5.41, 5.74) is 1.51. The lowest BCUT2D eigenvalue weighted by Crippen LogP contribution is -2.26. The van der Waals surface area contributed by atoms with Crippen LogP contribution in [0.15, 0.2) is 18.5 Å². The van der Waals surface area contributed by atoms with Crippen LogP contribution in [-0.4, -0.2) is 33.8 Å². The first-order chi connectivity index (χ1) is 6.96. The summed E-state index contributed by atoms with van der Waals surface area (Å²) in [6, 6.07) is 1.69. The molecule has 0 amide bonds. The minimum atomic E-state index is -3.22. The van der Waals surface area contributed by atoms with Crippen LogP contribution in [0.3, 0.4) is 0 Å². The van der Waals surface area contributed by atoms with E-state index < -0.39 is 10.0 Å². The van der Waals surface area contributed by atoms with E-state index in [-0.39, 0.29) is 0 Å². The summed E-state index contributed by atoms with van der Waals surface area (Å²) in [6.45, 7) is 0.586. The Balaban J connectivity index is 3.13. The number of rotatable bonds is 4. The summed E-state index contributed by atoms with van der Waals surface area (Å²) in [4.78, 5) is 3.97. The summed E-state index contributed by atoms with van der Waals surface area (Å²) in [5, 5.41) is 2.97. The fourth-order valence-electron chi connectivity index (χ4n) is 1.23. The molecule has 6 heteroatoms. The van der Waals surface area contributed by atoms with E-state index in [1.54, 1.807) is 25.5 Å². The molecule has 0 fully saturated rings. The number of hydrogen-bond acceptors (Lipinski definition) is 4. The Labute approximate surface area is 90.2 Å². The highest BCUT2D eigenvalue weighted by Crippen LogP contribution is 2.19. The monoisotopic (exact) mass is 229 g/mol. The maximum absolute atomic E-state index is 11.4. The number of anilines is 1. The van der Waals surface area contributed by atoms with E-state index in [2.05, 4.69) is 10.3 Å². The van der Waals surface area contributed by atoms with Crippen LogP contribution in [0.1, 0.15) is 5.56 Å². The number of aromatic nitrogens is 1. The maximum Gasteiger partial charge on any atom is 0.232 e. The van der Waals surface area contributed by atoms with Gasteiger partial charge in [0, 0.05) is 31.5 Å². The molecule has 0 saturated carbocycles. The first-order valence-electron chi connectivity index (χ1n) is 4.48. The Kier molecular flexibility index (Phi) is 3.65. The van der Waals surface area contributed by atoms with Gasteiger partial charge in [0.25, 0.3) is 0 Å². The number of hydrogen-bond donors (Lipinski definition) is 1. The van der Waals surface area contributed by atoms with Gasteiger partial charge >= 0.3 is 0 Å². The van der Waals surface area contributed by atoms with Crippen molar-refractivity contribution in [2.45, 2.75) is 6.54 Å². The van der Waals surface area contributed by atoms with E-state index in [0.29, 0.717) is 12.2 Å². The van der Waals surface area contributed by atoms with Gasteiger partial charge in [-0.1, -0.05) is 0 Å². The molecule has 0 unspecified atom stereocenters. The molecule has 1 rings (SSSR count). The van der Waals surface area contributed by atoms with Gasteiger partial charge in [-0.15, -0.1) is 0 Å². The average molecular weight is 229 g/mol. The molecule has 0 atom stereocenters. The molecule has 15 heavy (non-hydrogen) atoms. The van der Waals surface area contributed by atoms with Crippen LogP contribution in [0.4, 0.5) is 5.69 Å². The molecule has 0 aliphatic rings. The average Bonchev–Trinajstić information content (AvgIpc) is 2.17. The number of nitrogens with one attached hydrogen (secondary N) is 1. The van der Waals surface area contributed by atoms with Gasteiger partial charge in [0.05, 0.1) is 11.9 Å². The van der Waals surface area contributed by atoms with Crippen LogP contribution in [-0.2, 0) is 16.6 Å². The van der Waals surface area contributed by atoms with E-state index in [1.807, 2.05) is 0 Å². The van der Waals surface area contributed by atoms with Gasteiger partial charge < -0.3 is 5.32 Å². The zero-order valence-electron chi connectivity index (χ0n) is 9.06. The molecule has 1 aromatic rings. The van der Waals surface area contributed by atoms with E-state index in [1.165, 1.54) is 17.6 Å². The zero-order valence-corrected chi connectivity index (χ0v) is 9.87. The molecule has 1 aromatic heterocycles. The summed E-state index contributed by atoms with van der Waals surface area (Å²) >= 11 is 0. The maximum atomic E-state index is 11.4. The second-order valence-corrected chi connectivity index (χ2v) is 5.28. The quantitative estimate of drug-likeness (QED) is 0.801. The Morgan fingerprint density at radius 3 is 2.73 bits per heavy atom. The molecule has 1 heterocycles.